The minimum Gasteiger partial charge on any atom is -0.321 e. The predicted molar refractivity (Wildman–Crippen MR) is 139 cm³/mol. The summed E-state index contributed by atoms with van der Waals surface area (Å²) in [5, 5.41) is 17.8. The summed E-state index contributed by atoms with van der Waals surface area (Å²) in [7, 11) is 0. The highest BCUT2D eigenvalue weighted by Gasteiger charge is 2.19. The molecule has 0 bridgehead atoms. The molecule has 0 fully saturated rings. The van der Waals surface area contributed by atoms with E-state index in [0.29, 0.717) is 11.2 Å². The summed E-state index contributed by atoms with van der Waals surface area (Å²) < 4.78 is 1.63. The van der Waals surface area contributed by atoms with E-state index >= 15 is 0 Å². The lowest BCUT2D eigenvalue weighted by Gasteiger charge is -2.11. The van der Waals surface area contributed by atoms with Crippen LogP contribution in [-0.4, -0.2) is 32.4 Å². The van der Waals surface area contributed by atoms with Gasteiger partial charge < -0.3 is 10.3 Å². The molecule has 0 saturated heterocycles. The van der Waals surface area contributed by atoms with Gasteiger partial charge in [-0.2, -0.15) is 9.67 Å². The lowest BCUT2D eigenvalue weighted by atomic mass is 10.1. The molecule has 0 aliphatic heterocycles. The first kappa shape index (κ1) is 25.8. The smallest absolute Gasteiger partial charge is 0.305 e. The van der Waals surface area contributed by atoms with Crippen molar-refractivity contribution in [1.29, 1.82) is 0 Å². The van der Waals surface area contributed by atoms with Crippen molar-refractivity contribution in [3.05, 3.63) is 104 Å². The topological polar surface area (TPSA) is 163 Å². The predicted octanol–water partition coefficient (Wildman–Crippen LogP) is 2.09. The van der Waals surface area contributed by atoms with Crippen LogP contribution in [0.5, 0.6) is 0 Å². The number of rotatable bonds is 8. The Morgan fingerprint density at radius 3 is 2.58 bits per heavy atom. The van der Waals surface area contributed by atoms with Crippen LogP contribution in [-0.2, 0) is 22.6 Å². The number of nitro groups is 1. The Morgan fingerprint density at radius 1 is 1.11 bits per heavy atom. The molecule has 38 heavy (non-hydrogen) atoms. The number of hydrogen-bond acceptors (Lipinski definition) is 7. The summed E-state index contributed by atoms with van der Waals surface area (Å²) in [6.45, 7) is 3.73. The van der Waals surface area contributed by atoms with Gasteiger partial charge in [-0.05, 0) is 31.5 Å². The molecule has 2 amide bonds. The zero-order valence-electron chi connectivity index (χ0n) is 20.6. The number of pyridine rings is 1. The summed E-state index contributed by atoms with van der Waals surface area (Å²) in [5.41, 5.74) is 4.19. The average Bonchev–Trinajstić information content (AvgIpc) is 2.88. The van der Waals surface area contributed by atoms with Crippen LogP contribution in [0.4, 0.5) is 11.4 Å². The zero-order valence-corrected chi connectivity index (χ0v) is 20.6. The summed E-state index contributed by atoms with van der Waals surface area (Å²) >= 11 is 0. The van der Waals surface area contributed by atoms with E-state index in [2.05, 4.69) is 25.8 Å². The molecule has 0 atom stereocenters. The van der Waals surface area contributed by atoms with Crippen LogP contribution in [0.15, 0.2) is 76.9 Å². The fourth-order valence-corrected chi connectivity index (χ4v) is 3.69. The van der Waals surface area contributed by atoms with Gasteiger partial charge in [0.05, 0.1) is 16.0 Å². The van der Waals surface area contributed by atoms with Gasteiger partial charge in [0.25, 0.3) is 17.2 Å². The van der Waals surface area contributed by atoms with Crippen molar-refractivity contribution in [2.75, 3.05) is 5.32 Å². The molecule has 4 rings (SSSR count). The van der Waals surface area contributed by atoms with Crippen LogP contribution in [0.1, 0.15) is 16.8 Å². The van der Waals surface area contributed by atoms with Crippen LogP contribution >= 0.6 is 0 Å². The fraction of sp³-hybridized carbons (Fsp3) is 0.154. The van der Waals surface area contributed by atoms with Crippen molar-refractivity contribution in [3.63, 3.8) is 0 Å². The number of aromatic nitrogens is 3. The summed E-state index contributed by atoms with van der Waals surface area (Å²) in [6, 6.07) is 14.7. The molecule has 12 nitrogen and oxygen atoms in total. The maximum absolute atomic E-state index is 13.2. The maximum atomic E-state index is 13.2. The van der Waals surface area contributed by atoms with E-state index in [0.717, 1.165) is 11.1 Å². The number of non-ortho nitro benzene ring substituents is 1. The quantitative estimate of drug-likeness (QED) is 0.141. The molecule has 3 N–H and O–H groups in total. The van der Waals surface area contributed by atoms with E-state index in [1.165, 1.54) is 18.2 Å². The molecule has 4 aromatic rings. The van der Waals surface area contributed by atoms with Crippen molar-refractivity contribution in [3.8, 4) is 0 Å². The first-order chi connectivity index (χ1) is 18.2. The molecule has 0 spiro atoms. The van der Waals surface area contributed by atoms with Crippen LogP contribution < -0.4 is 20.9 Å². The number of amides is 2. The molecule has 2 aromatic carbocycles. The number of aromatic amines is 1. The van der Waals surface area contributed by atoms with Gasteiger partial charge in [0.15, 0.2) is 12.4 Å². The van der Waals surface area contributed by atoms with Crippen LogP contribution in [0.3, 0.4) is 0 Å². The Bertz CT molecular complexity index is 1630. The normalized spacial score (nSPS) is 11.3. The molecule has 0 aliphatic carbocycles. The number of hydrazone groups is 1. The first-order valence-corrected chi connectivity index (χ1v) is 11.5. The second-order valence-electron chi connectivity index (χ2n) is 8.56. The number of carbonyl (C=O) groups is 2. The number of nitrogens with zero attached hydrogens (tertiary/aromatic N) is 4. The van der Waals surface area contributed by atoms with E-state index in [-0.39, 0.29) is 35.6 Å². The van der Waals surface area contributed by atoms with Crippen LogP contribution in [0.25, 0.3) is 11.0 Å². The van der Waals surface area contributed by atoms with Crippen LogP contribution in [0, 0.1) is 24.0 Å². The number of fused-ring (bicyclic) bond motifs is 1. The summed E-state index contributed by atoms with van der Waals surface area (Å²) in [4.78, 5) is 55.7. The Labute approximate surface area is 216 Å². The second kappa shape index (κ2) is 11.2. The number of hydrogen-bond donors (Lipinski definition) is 3. The molecule has 0 aliphatic rings. The molecule has 12 heteroatoms. The van der Waals surface area contributed by atoms with Gasteiger partial charge in [-0.3, -0.25) is 24.5 Å². The Morgan fingerprint density at radius 2 is 1.87 bits per heavy atom. The third kappa shape index (κ3) is 6.29. The third-order valence-corrected chi connectivity index (χ3v) is 5.60. The number of benzene rings is 2. The fourth-order valence-electron chi connectivity index (χ4n) is 3.69. The third-order valence-electron chi connectivity index (χ3n) is 5.60. The standard InChI is InChI=1S/C26H23N7O5/c1-16-6-8-19(17(2)12-16)28-26(36)23(30-31-24(34)15-32-10-4-3-5-11-32)14-22-25(35)29-21-13-18(33(37)38)7-9-20(21)27-22/h3-13H,14-15H2,1-2H3,(H2-,28,29,31,34,35,36)/p+1. The Kier molecular flexibility index (Phi) is 7.61. The number of nitrogens with one attached hydrogen (secondary N) is 3. The van der Waals surface area contributed by atoms with E-state index < -0.39 is 22.3 Å². The first-order valence-electron chi connectivity index (χ1n) is 11.5. The van der Waals surface area contributed by atoms with Gasteiger partial charge in [0, 0.05) is 36.4 Å². The molecule has 0 radical (unpaired) electrons. The number of H-pyrrole nitrogens is 1. The van der Waals surface area contributed by atoms with Crippen molar-refractivity contribution in [1.82, 2.24) is 15.4 Å². The maximum Gasteiger partial charge on any atom is 0.305 e. The van der Waals surface area contributed by atoms with E-state index in [1.807, 2.05) is 32.0 Å². The molecular formula is C26H24N7O5+. The van der Waals surface area contributed by atoms with Crippen molar-refractivity contribution in [2.24, 2.45) is 5.10 Å². The van der Waals surface area contributed by atoms with E-state index in [4.69, 9.17) is 0 Å². The van der Waals surface area contributed by atoms with Gasteiger partial charge >= 0.3 is 5.91 Å². The number of anilines is 1. The Hall–Kier alpha value is -5.26. The van der Waals surface area contributed by atoms with Gasteiger partial charge in [-0.25, -0.2) is 10.4 Å². The van der Waals surface area contributed by atoms with Gasteiger partial charge in [-0.15, -0.1) is 0 Å². The lowest BCUT2D eigenvalue weighted by Crippen LogP contribution is -2.41. The average molecular weight is 515 g/mol. The SMILES string of the molecule is Cc1ccc(NC(=O)C(Cc2nc3ccc([N+](=O)[O-])cc3[nH]c2=O)=NNC(=O)C[n+]2ccccc2)c(C)c1. The van der Waals surface area contributed by atoms with Crippen molar-refractivity contribution >= 4 is 39.9 Å². The zero-order chi connectivity index (χ0) is 27.2. The minimum atomic E-state index is -0.642. The van der Waals surface area contributed by atoms with Gasteiger partial charge in [0.1, 0.15) is 11.4 Å². The number of aryl methyl sites for hydroxylation is 2. The van der Waals surface area contributed by atoms with E-state index in [1.54, 1.807) is 35.2 Å². The van der Waals surface area contributed by atoms with Gasteiger partial charge in [-0.1, -0.05) is 23.8 Å². The highest BCUT2D eigenvalue weighted by Crippen LogP contribution is 2.18. The highest BCUT2D eigenvalue weighted by molar-refractivity contribution is 6.43. The molecule has 0 unspecified atom stereocenters. The summed E-state index contributed by atoms with van der Waals surface area (Å²) in [6.07, 6.45) is 3.11. The Balaban J connectivity index is 1.63. The van der Waals surface area contributed by atoms with Crippen molar-refractivity contribution in [2.45, 2.75) is 26.8 Å². The minimum absolute atomic E-state index is 0.0378. The highest BCUT2D eigenvalue weighted by atomic mass is 16.6. The second-order valence-corrected chi connectivity index (χ2v) is 8.56. The molecule has 2 aromatic heterocycles. The monoisotopic (exact) mass is 514 g/mol. The molecule has 2 heterocycles. The van der Waals surface area contributed by atoms with Crippen molar-refractivity contribution < 1.29 is 19.1 Å². The molecule has 192 valence electrons. The lowest BCUT2D eigenvalue weighted by molar-refractivity contribution is -0.684. The summed E-state index contributed by atoms with van der Waals surface area (Å²) in [5.74, 6) is -1.11. The van der Waals surface area contributed by atoms with E-state index in [9.17, 15) is 24.5 Å². The molecule has 0 saturated carbocycles. The largest absolute Gasteiger partial charge is 0.321 e. The number of carbonyl (C=O) groups excluding carboxylic acids is 2. The van der Waals surface area contributed by atoms with Crippen LogP contribution in [0.2, 0.25) is 0 Å². The number of nitro benzene ring substituents is 1. The molecular weight excluding hydrogens is 490 g/mol. The van der Waals surface area contributed by atoms with Gasteiger partial charge in [0.2, 0.25) is 6.54 Å².